The monoisotopic (exact) mass is 179 g/mol. The molecule has 0 saturated carbocycles. The van der Waals surface area contributed by atoms with Gasteiger partial charge in [-0.15, -0.1) is 0 Å². The Morgan fingerprint density at radius 1 is 1.54 bits per heavy atom. The molecule has 0 saturated heterocycles. The van der Waals surface area contributed by atoms with E-state index in [1.165, 1.54) is 5.57 Å². The summed E-state index contributed by atoms with van der Waals surface area (Å²) in [6.07, 6.45) is 4.62. The summed E-state index contributed by atoms with van der Waals surface area (Å²) in [7, 11) is 0. The van der Waals surface area contributed by atoms with Gasteiger partial charge >= 0.3 is 0 Å². The van der Waals surface area contributed by atoms with E-state index in [9.17, 15) is 4.79 Å². The van der Waals surface area contributed by atoms with Gasteiger partial charge in [-0.25, -0.2) is 0 Å². The van der Waals surface area contributed by atoms with Crippen LogP contribution in [0.3, 0.4) is 0 Å². The van der Waals surface area contributed by atoms with E-state index in [4.69, 9.17) is 5.26 Å². The van der Waals surface area contributed by atoms with Gasteiger partial charge in [0.15, 0.2) is 0 Å². The van der Waals surface area contributed by atoms with E-state index in [1.807, 2.05) is 13.8 Å². The third-order valence-corrected chi connectivity index (χ3v) is 2.05. The normalized spacial score (nSPS) is 14.0. The maximum atomic E-state index is 10.4. The quantitative estimate of drug-likeness (QED) is 0.481. The highest BCUT2D eigenvalue weighted by atomic mass is 16.1. The van der Waals surface area contributed by atoms with Gasteiger partial charge in [0.25, 0.3) is 0 Å². The Balaban J connectivity index is 3.94. The maximum absolute atomic E-state index is 10.4. The van der Waals surface area contributed by atoms with E-state index >= 15 is 0 Å². The molecular weight excluding hydrogens is 162 g/mol. The third-order valence-electron chi connectivity index (χ3n) is 2.05. The topological polar surface area (TPSA) is 40.9 Å². The van der Waals surface area contributed by atoms with Crippen molar-refractivity contribution in [2.24, 2.45) is 11.8 Å². The van der Waals surface area contributed by atoms with E-state index in [-0.39, 0.29) is 11.8 Å². The number of hydrogen-bond acceptors (Lipinski definition) is 2. The number of hydrogen-bond donors (Lipinski definition) is 0. The molecule has 0 aromatic carbocycles. The van der Waals surface area contributed by atoms with Crippen LogP contribution in [0.25, 0.3) is 0 Å². The van der Waals surface area contributed by atoms with Crippen LogP contribution in [0, 0.1) is 23.2 Å². The zero-order valence-corrected chi connectivity index (χ0v) is 8.58. The maximum Gasteiger partial charge on any atom is 0.124 e. The number of allylic oxidation sites excluding steroid dienone is 2. The van der Waals surface area contributed by atoms with Crippen molar-refractivity contribution in [1.29, 1.82) is 5.26 Å². The Kier molecular flexibility index (Phi) is 5.88. The second-order valence-corrected chi connectivity index (χ2v) is 3.59. The van der Waals surface area contributed by atoms with Crippen LogP contribution in [-0.4, -0.2) is 6.29 Å². The lowest BCUT2D eigenvalue weighted by Crippen LogP contribution is -2.10. The highest BCUT2D eigenvalue weighted by Gasteiger charge is 2.14. The van der Waals surface area contributed by atoms with E-state index in [0.717, 1.165) is 19.1 Å². The van der Waals surface area contributed by atoms with Gasteiger partial charge in [0.1, 0.15) is 6.29 Å². The van der Waals surface area contributed by atoms with Crippen molar-refractivity contribution in [1.82, 2.24) is 0 Å². The third kappa shape index (κ3) is 5.19. The lowest BCUT2D eigenvalue weighted by molar-refractivity contribution is -0.111. The molecule has 2 heteroatoms. The Morgan fingerprint density at radius 2 is 2.15 bits per heavy atom. The summed E-state index contributed by atoms with van der Waals surface area (Å²) in [5.41, 5.74) is 1.26. The molecule has 0 radical (unpaired) electrons. The first-order chi connectivity index (χ1) is 6.11. The molecular formula is C11H17NO. The van der Waals surface area contributed by atoms with Crippen LogP contribution >= 0.6 is 0 Å². The zero-order valence-electron chi connectivity index (χ0n) is 8.58. The highest BCUT2D eigenvalue weighted by molar-refractivity contribution is 5.54. The van der Waals surface area contributed by atoms with Gasteiger partial charge in [-0.3, -0.25) is 0 Å². The van der Waals surface area contributed by atoms with Crippen LogP contribution < -0.4 is 0 Å². The molecule has 0 spiro atoms. The number of aldehydes is 1. The molecule has 0 amide bonds. The lowest BCUT2D eigenvalue weighted by atomic mass is 9.92. The van der Waals surface area contributed by atoms with Gasteiger partial charge in [-0.05, 0) is 26.7 Å². The molecule has 2 unspecified atom stereocenters. The molecule has 2 atom stereocenters. The van der Waals surface area contributed by atoms with Crippen molar-refractivity contribution in [3.8, 4) is 6.07 Å². The van der Waals surface area contributed by atoms with Gasteiger partial charge in [0, 0.05) is 5.92 Å². The fraction of sp³-hybridized carbons (Fsp3) is 0.636. The van der Waals surface area contributed by atoms with Crippen LogP contribution in [0.2, 0.25) is 0 Å². The Bertz CT molecular complexity index is 221. The fourth-order valence-electron chi connectivity index (χ4n) is 1.09. The summed E-state index contributed by atoms with van der Waals surface area (Å²) in [6.45, 7) is 5.86. The minimum atomic E-state index is -0.143. The molecule has 0 heterocycles. The summed E-state index contributed by atoms with van der Waals surface area (Å²) in [5.74, 6) is -0.274. The van der Waals surface area contributed by atoms with Crippen molar-refractivity contribution >= 4 is 6.29 Å². The predicted molar refractivity (Wildman–Crippen MR) is 53.0 cm³/mol. The summed E-state index contributed by atoms with van der Waals surface area (Å²) >= 11 is 0. The van der Waals surface area contributed by atoms with Crippen LogP contribution in [0.5, 0.6) is 0 Å². The first kappa shape index (κ1) is 11.9. The molecule has 13 heavy (non-hydrogen) atoms. The molecule has 2 nitrogen and oxygen atoms in total. The van der Waals surface area contributed by atoms with Gasteiger partial charge < -0.3 is 4.79 Å². The van der Waals surface area contributed by atoms with Crippen LogP contribution in [0.4, 0.5) is 0 Å². The van der Waals surface area contributed by atoms with Gasteiger partial charge in [0.05, 0.1) is 12.0 Å². The van der Waals surface area contributed by atoms with Gasteiger partial charge in [-0.1, -0.05) is 18.6 Å². The molecule has 72 valence electrons. The van der Waals surface area contributed by atoms with Crippen LogP contribution in [0.1, 0.15) is 33.6 Å². The Hall–Kier alpha value is -1.10. The van der Waals surface area contributed by atoms with Crippen LogP contribution in [0.15, 0.2) is 11.6 Å². The second kappa shape index (κ2) is 6.42. The summed E-state index contributed by atoms with van der Waals surface area (Å²) in [4.78, 5) is 10.4. The van der Waals surface area contributed by atoms with Crippen LogP contribution in [-0.2, 0) is 4.79 Å². The number of carbonyl (C=O) groups is 1. The zero-order chi connectivity index (χ0) is 10.3. The minimum absolute atomic E-state index is 0.131. The van der Waals surface area contributed by atoms with E-state index in [2.05, 4.69) is 12.1 Å². The molecule has 0 fully saturated rings. The lowest BCUT2D eigenvalue weighted by Gasteiger charge is -2.09. The van der Waals surface area contributed by atoms with Crippen molar-refractivity contribution in [2.45, 2.75) is 33.6 Å². The van der Waals surface area contributed by atoms with Gasteiger partial charge in [0.2, 0.25) is 0 Å². The first-order valence-electron chi connectivity index (χ1n) is 4.60. The molecule has 0 aromatic heterocycles. The largest absolute Gasteiger partial charge is 0.303 e. The molecule has 0 rings (SSSR count). The molecule has 0 aliphatic rings. The average Bonchev–Trinajstić information content (AvgIpc) is 2.11. The first-order valence-corrected chi connectivity index (χ1v) is 4.60. The van der Waals surface area contributed by atoms with Crippen molar-refractivity contribution in [3.63, 3.8) is 0 Å². The molecule has 0 aromatic rings. The van der Waals surface area contributed by atoms with E-state index < -0.39 is 0 Å². The summed E-state index contributed by atoms with van der Waals surface area (Å²) in [6, 6.07) is 2.17. The Labute approximate surface area is 80.3 Å². The van der Waals surface area contributed by atoms with Crippen molar-refractivity contribution < 1.29 is 4.79 Å². The molecule has 0 aliphatic carbocycles. The fourth-order valence-corrected chi connectivity index (χ4v) is 1.09. The molecule has 0 N–H and O–H groups in total. The second-order valence-electron chi connectivity index (χ2n) is 3.59. The number of rotatable bonds is 5. The molecule has 0 bridgehead atoms. The average molecular weight is 179 g/mol. The van der Waals surface area contributed by atoms with Gasteiger partial charge in [-0.2, -0.15) is 5.26 Å². The Morgan fingerprint density at radius 3 is 2.54 bits per heavy atom. The standard InChI is InChI=1S/C11H17NO/c1-9(2)5-4-6-11(7-12)10(3)8-13/h5,8,10-11H,4,6H2,1-3H3. The predicted octanol–water partition coefficient (Wildman–Crippen LogP) is 2.71. The SMILES string of the molecule is CC(C)=CCCC(C#N)C(C)C=O. The smallest absolute Gasteiger partial charge is 0.124 e. The summed E-state index contributed by atoms with van der Waals surface area (Å²) < 4.78 is 0. The molecule has 0 aliphatic heterocycles. The number of nitriles is 1. The van der Waals surface area contributed by atoms with Crippen molar-refractivity contribution in [3.05, 3.63) is 11.6 Å². The van der Waals surface area contributed by atoms with Crippen molar-refractivity contribution in [2.75, 3.05) is 0 Å². The number of carbonyl (C=O) groups excluding carboxylic acids is 1. The summed E-state index contributed by atoms with van der Waals surface area (Å²) in [5, 5.41) is 8.76. The van der Waals surface area contributed by atoms with E-state index in [1.54, 1.807) is 6.92 Å². The highest BCUT2D eigenvalue weighted by Crippen LogP contribution is 2.15. The minimum Gasteiger partial charge on any atom is -0.303 e. The number of nitrogens with zero attached hydrogens (tertiary/aromatic N) is 1. The van der Waals surface area contributed by atoms with E-state index in [0.29, 0.717) is 0 Å².